The van der Waals surface area contributed by atoms with Crippen molar-refractivity contribution in [2.24, 2.45) is 5.73 Å². The number of hydrogen-bond donors (Lipinski definition) is 1. The van der Waals surface area contributed by atoms with Crippen molar-refractivity contribution >= 4 is 5.95 Å². The number of piperidine rings is 1. The van der Waals surface area contributed by atoms with Crippen LogP contribution in [0.2, 0.25) is 0 Å². The SMILES string of the molecule is NC1CCN(c2ncc3c(n2)C2CCC3C2)CC1. The first-order chi connectivity index (χ1) is 8.81. The van der Waals surface area contributed by atoms with Gasteiger partial charge in [0.25, 0.3) is 0 Å². The Hall–Kier alpha value is -1.16. The lowest BCUT2D eigenvalue weighted by Gasteiger charge is -2.30. The van der Waals surface area contributed by atoms with E-state index in [-0.39, 0.29) is 0 Å². The fraction of sp³-hybridized carbons (Fsp3) is 0.714. The van der Waals surface area contributed by atoms with Crippen molar-refractivity contribution in [3.63, 3.8) is 0 Å². The summed E-state index contributed by atoms with van der Waals surface area (Å²) in [6.45, 7) is 2.02. The third-order valence-corrected chi connectivity index (χ3v) is 4.92. The van der Waals surface area contributed by atoms with Crippen LogP contribution in [0.3, 0.4) is 0 Å². The maximum Gasteiger partial charge on any atom is 0.225 e. The summed E-state index contributed by atoms with van der Waals surface area (Å²) in [5.41, 5.74) is 8.73. The van der Waals surface area contributed by atoms with Crippen molar-refractivity contribution in [1.82, 2.24) is 9.97 Å². The van der Waals surface area contributed by atoms with Gasteiger partial charge < -0.3 is 10.6 Å². The Bertz CT molecular complexity index is 465. The van der Waals surface area contributed by atoms with Gasteiger partial charge in [-0.2, -0.15) is 0 Å². The van der Waals surface area contributed by atoms with Gasteiger partial charge in [0.1, 0.15) is 0 Å². The zero-order valence-corrected chi connectivity index (χ0v) is 10.7. The number of fused-ring (bicyclic) bond motifs is 5. The van der Waals surface area contributed by atoms with Crippen molar-refractivity contribution in [2.75, 3.05) is 18.0 Å². The van der Waals surface area contributed by atoms with Gasteiger partial charge in [0.05, 0.1) is 5.69 Å². The maximum atomic E-state index is 5.95. The van der Waals surface area contributed by atoms with Crippen LogP contribution >= 0.6 is 0 Å². The summed E-state index contributed by atoms with van der Waals surface area (Å²) >= 11 is 0. The second-order valence-electron chi connectivity index (χ2n) is 6.04. The van der Waals surface area contributed by atoms with E-state index >= 15 is 0 Å². The zero-order valence-electron chi connectivity index (χ0n) is 10.7. The van der Waals surface area contributed by atoms with E-state index in [9.17, 15) is 0 Å². The molecule has 4 nitrogen and oxygen atoms in total. The summed E-state index contributed by atoms with van der Waals surface area (Å²) in [6, 6.07) is 0.367. The van der Waals surface area contributed by atoms with E-state index in [4.69, 9.17) is 10.7 Å². The van der Waals surface area contributed by atoms with E-state index in [1.807, 2.05) is 0 Å². The third-order valence-electron chi connectivity index (χ3n) is 4.92. The average molecular weight is 244 g/mol. The van der Waals surface area contributed by atoms with Crippen molar-refractivity contribution in [3.05, 3.63) is 17.5 Å². The lowest BCUT2D eigenvalue weighted by atomic mass is 9.97. The van der Waals surface area contributed by atoms with Crippen LogP contribution in [0.15, 0.2) is 6.20 Å². The molecular weight excluding hydrogens is 224 g/mol. The quantitative estimate of drug-likeness (QED) is 0.818. The summed E-state index contributed by atoms with van der Waals surface area (Å²) in [4.78, 5) is 11.8. The normalized spacial score (nSPS) is 30.8. The Balaban J connectivity index is 1.62. The largest absolute Gasteiger partial charge is 0.341 e. The monoisotopic (exact) mass is 244 g/mol. The lowest BCUT2D eigenvalue weighted by molar-refractivity contribution is 0.494. The molecule has 0 amide bonds. The predicted octanol–water partition coefficient (Wildman–Crippen LogP) is 1.77. The van der Waals surface area contributed by atoms with Crippen LogP contribution in [0, 0.1) is 0 Å². The molecule has 4 heteroatoms. The standard InChI is InChI=1S/C14H20N4/c15-11-3-5-18(6-4-11)14-16-8-12-9-1-2-10(7-9)13(12)17-14/h8-11H,1-7,15H2. The minimum Gasteiger partial charge on any atom is -0.341 e. The fourth-order valence-electron chi connectivity index (χ4n) is 3.80. The van der Waals surface area contributed by atoms with E-state index in [1.54, 1.807) is 0 Å². The van der Waals surface area contributed by atoms with Crippen LogP contribution in [-0.4, -0.2) is 29.1 Å². The average Bonchev–Trinajstić information content (AvgIpc) is 3.01. The molecule has 2 atom stereocenters. The van der Waals surface area contributed by atoms with Gasteiger partial charge in [-0.05, 0) is 43.6 Å². The maximum absolute atomic E-state index is 5.95. The topological polar surface area (TPSA) is 55.0 Å². The highest BCUT2D eigenvalue weighted by Gasteiger charge is 2.38. The second kappa shape index (κ2) is 3.92. The first-order valence-corrected chi connectivity index (χ1v) is 7.18. The van der Waals surface area contributed by atoms with Crippen LogP contribution in [0.4, 0.5) is 5.95 Å². The number of nitrogens with zero attached hydrogens (tertiary/aromatic N) is 3. The Kier molecular flexibility index (Phi) is 2.34. The molecule has 2 unspecified atom stereocenters. The molecule has 0 radical (unpaired) electrons. The molecule has 0 aromatic carbocycles. The van der Waals surface area contributed by atoms with Crippen molar-refractivity contribution in [2.45, 2.75) is 50.0 Å². The molecule has 1 aromatic heterocycles. The fourth-order valence-corrected chi connectivity index (χ4v) is 3.80. The van der Waals surface area contributed by atoms with Gasteiger partial charge in [-0.25, -0.2) is 9.97 Å². The van der Waals surface area contributed by atoms with E-state index in [0.29, 0.717) is 6.04 Å². The third kappa shape index (κ3) is 1.55. The Morgan fingerprint density at radius 3 is 2.72 bits per heavy atom. The van der Waals surface area contributed by atoms with E-state index < -0.39 is 0 Å². The molecule has 4 rings (SSSR count). The molecule has 2 fully saturated rings. The molecule has 3 aliphatic rings. The summed E-state index contributed by atoms with van der Waals surface area (Å²) in [5, 5.41) is 0. The van der Waals surface area contributed by atoms with Gasteiger partial charge in [-0.3, -0.25) is 0 Å². The highest BCUT2D eigenvalue weighted by atomic mass is 15.3. The van der Waals surface area contributed by atoms with Gasteiger partial charge >= 0.3 is 0 Å². The molecular formula is C14H20N4. The van der Waals surface area contributed by atoms with Crippen molar-refractivity contribution < 1.29 is 0 Å². The molecule has 2 N–H and O–H groups in total. The number of hydrogen-bond acceptors (Lipinski definition) is 4. The molecule has 1 aromatic rings. The van der Waals surface area contributed by atoms with E-state index in [0.717, 1.165) is 43.7 Å². The van der Waals surface area contributed by atoms with Crippen LogP contribution in [0.25, 0.3) is 0 Å². The Morgan fingerprint density at radius 1 is 1.11 bits per heavy atom. The summed E-state index contributed by atoms with van der Waals surface area (Å²) in [7, 11) is 0. The van der Waals surface area contributed by atoms with Crippen LogP contribution < -0.4 is 10.6 Å². The molecule has 2 heterocycles. The Labute approximate surface area is 108 Å². The zero-order chi connectivity index (χ0) is 12.1. The minimum atomic E-state index is 0.367. The first-order valence-electron chi connectivity index (χ1n) is 7.18. The number of rotatable bonds is 1. The summed E-state index contributed by atoms with van der Waals surface area (Å²) in [5.74, 6) is 2.42. The second-order valence-corrected chi connectivity index (χ2v) is 6.04. The summed E-state index contributed by atoms with van der Waals surface area (Å²) < 4.78 is 0. The molecule has 96 valence electrons. The minimum absolute atomic E-state index is 0.367. The lowest BCUT2D eigenvalue weighted by Crippen LogP contribution is -2.40. The van der Waals surface area contributed by atoms with Crippen LogP contribution in [0.5, 0.6) is 0 Å². The van der Waals surface area contributed by atoms with Gasteiger partial charge in [0.15, 0.2) is 0 Å². The van der Waals surface area contributed by atoms with E-state index in [1.165, 1.54) is 30.5 Å². The molecule has 2 bridgehead atoms. The van der Waals surface area contributed by atoms with Gasteiger partial charge in [0, 0.05) is 31.2 Å². The number of anilines is 1. The summed E-state index contributed by atoms with van der Waals surface area (Å²) in [6.07, 6.45) is 8.21. The van der Waals surface area contributed by atoms with Gasteiger partial charge in [0.2, 0.25) is 5.95 Å². The number of aromatic nitrogens is 2. The molecule has 0 spiro atoms. The highest BCUT2D eigenvalue weighted by Crippen LogP contribution is 2.52. The van der Waals surface area contributed by atoms with Crippen molar-refractivity contribution in [1.29, 1.82) is 0 Å². The van der Waals surface area contributed by atoms with Gasteiger partial charge in [-0.1, -0.05) is 0 Å². The molecule has 1 aliphatic heterocycles. The van der Waals surface area contributed by atoms with Crippen LogP contribution in [0.1, 0.15) is 55.2 Å². The highest BCUT2D eigenvalue weighted by molar-refractivity contribution is 5.41. The Morgan fingerprint density at radius 2 is 1.89 bits per heavy atom. The molecule has 1 saturated carbocycles. The smallest absolute Gasteiger partial charge is 0.225 e. The molecule has 18 heavy (non-hydrogen) atoms. The van der Waals surface area contributed by atoms with Crippen LogP contribution in [-0.2, 0) is 0 Å². The number of nitrogens with two attached hydrogens (primary N) is 1. The predicted molar refractivity (Wildman–Crippen MR) is 70.8 cm³/mol. The van der Waals surface area contributed by atoms with Crippen molar-refractivity contribution in [3.8, 4) is 0 Å². The molecule has 1 saturated heterocycles. The van der Waals surface area contributed by atoms with E-state index in [2.05, 4.69) is 16.1 Å². The first kappa shape index (κ1) is 10.7. The molecule has 2 aliphatic carbocycles. The van der Waals surface area contributed by atoms with Gasteiger partial charge in [-0.15, -0.1) is 0 Å².